The van der Waals surface area contributed by atoms with Gasteiger partial charge in [0.25, 0.3) is 0 Å². The summed E-state index contributed by atoms with van der Waals surface area (Å²) in [6, 6.07) is 13.9. The first-order chi connectivity index (χ1) is 16.9. The lowest BCUT2D eigenvalue weighted by Crippen LogP contribution is -2.53. The second-order valence-corrected chi connectivity index (χ2v) is 12.0. The molecule has 0 spiro atoms. The number of amides is 1. The quantitative estimate of drug-likeness (QED) is 0.488. The molecule has 4 N–H and O–H groups in total. The Labute approximate surface area is 207 Å². The Balaban J connectivity index is 1.44. The van der Waals surface area contributed by atoms with Crippen LogP contribution in [0.5, 0.6) is 0 Å². The summed E-state index contributed by atoms with van der Waals surface area (Å²) in [5.74, 6) is 0.662. The van der Waals surface area contributed by atoms with Gasteiger partial charge >= 0.3 is 0 Å². The van der Waals surface area contributed by atoms with Crippen molar-refractivity contribution in [3.05, 3.63) is 65.4 Å². The third-order valence-electron chi connectivity index (χ3n) is 7.68. The Bertz CT molecular complexity index is 1320. The van der Waals surface area contributed by atoms with Crippen LogP contribution in [-0.2, 0) is 27.8 Å². The van der Waals surface area contributed by atoms with Crippen molar-refractivity contribution in [2.75, 3.05) is 13.1 Å². The van der Waals surface area contributed by atoms with Gasteiger partial charge in [-0.25, -0.2) is 8.42 Å². The van der Waals surface area contributed by atoms with Crippen molar-refractivity contribution in [1.29, 1.82) is 0 Å². The van der Waals surface area contributed by atoms with Crippen LogP contribution in [0.4, 0.5) is 0 Å². The topological polar surface area (TPSA) is 108 Å². The Hall–Kier alpha value is -2.68. The molecule has 2 aromatic carbocycles. The number of para-hydroxylation sites is 1. The standard InChI is InChI=1S/C27H34N4O3S/c1-18-9-11-21(12-10-18)35(33,34)31-17-25-23(22-7-2-3-8-24(22)30-25)14-26(31)27(32)29-16-20-6-4-5-19(13-20)15-28/h2-3,7-12,19-20,26,30H,4-6,13-17,28H2,1H3,(H,29,32). The fraction of sp³-hybridized carbons (Fsp3) is 0.444. The molecule has 1 fully saturated rings. The van der Waals surface area contributed by atoms with Crippen LogP contribution in [0.1, 0.15) is 42.5 Å². The number of nitrogens with zero attached hydrogens (tertiary/aromatic N) is 1. The molecule has 3 aromatic rings. The predicted octanol–water partition coefficient (Wildman–Crippen LogP) is 3.47. The van der Waals surface area contributed by atoms with Crippen LogP contribution < -0.4 is 11.1 Å². The number of carbonyl (C=O) groups is 1. The fourth-order valence-electron chi connectivity index (χ4n) is 5.67. The van der Waals surface area contributed by atoms with Gasteiger partial charge in [0.1, 0.15) is 6.04 Å². The number of nitrogens with one attached hydrogen (secondary N) is 2. The van der Waals surface area contributed by atoms with Crippen molar-refractivity contribution in [3.63, 3.8) is 0 Å². The van der Waals surface area contributed by atoms with Crippen molar-refractivity contribution in [3.8, 4) is 0 Å². The lowest BCUT2D eigenvalue weighted by molar-refractivity contribution is -0.125. The van der Waals surface area contributed by atoms with Crippen LogP contribution in [0.25, 0.3) is 10.9 Å². The maximum Gasteiger partial charge on any atom is 0.244 e. The summed E-state index contributed by atoms with van der Waals surface area (Å²) in [6.07, 6.45) is 4.69. The number of carbonyl (C=O) groups excluding carboxylic acids is 1. The molecular formula is C27H34N4O3S. The zero-order valence-corrected chi connectivity index (χ0v) is 21.0. The number of sulfonamides is 1. The van der Waals surface area contributed by atoms with Gasteiger partial charge in [-0.3, -0.25) is 4.79 Å². The molecule has 5 rings (SSSR count). The van der Waals surface area contributed by atoms with Crippen LogP contribution in [0, 0.1) is 18.8 Å². The van der Waals surface area contributed by atoms with Gasteiger partial charge in [-0.05, 0) is 68.3 Å². The number of aromatic amines is 1. The predicted molar refractivity (Wildman–Crippen MR) is 137 cm³/mol. The van der Waals surface area contributed by atoms with Gasteiger partial charge in [0.05, 0.1) is 11.4 Å². The number of nitrogens with two attached hydrogens (primary N) is 1. The summed E-state index contributed by atoms with van der Waals surface area (Å²) >= 11 is 0. The van der Waals surface area contributed by atoms with Gasteiger partial charge in [-0.1, -0.05) is 42.3 Å². The van der Waals surface area contributed by atoms with E-state index in [9.17, 15) is 13.2 Å². The molecule has 1 amide bonds. The summed E-state index contributed by atoms with van der Waals surface area (Å²) in [7, 11) is -3.87. The first-order valence-electron chi connectivity index (χ1n) is 12.5. The van der Waals surface area contributed by atoms with Gasteiger partial charge in [-0.2, -0.15) is 4.31 Å². The minimum atomic E-state index is -3.87. The van der Waals surface area contributed by atoms with Crippen molar-refractivity contribution < 1.29 is 13.2 Å². The SMILES string of the molecule is Cc1ccc(S(=O)(=O)N2Cc3[nH]c4ccccc4c3CC2C(=O)NCC2CCCC(CN)C2)cc1. The van der Waals surface area contributed by atoms with E-state index in [1.165, 1.54) is 4.31 Å². The number of rotatable bonds is 6. The van der Waals surface area contributed by atoms with E-state index in [-0.39, 0.29) is 17.3 Å². The second-order valence-electron chi connectivity index (χ2n) is 10.1. The molecule has 1 aliphatic carbocycles. The molecule has 3 unspecified atom stereocenters. The maximum absolute atomic E-state index is 13.7. The summed E-state index contributed by atoms with van der Waals surface area (Å²) in [5, 5.41) is 4.15. The minimum absolute atomic E-state index is 0.136. The lowest BCUT2D eigenvalue weighted by atomic mass is 9.81. The van der Waals surface area contributed by atoms with E-state index in [2.05, 4.69) is 10.3 Å². The van der Waals surface area contributed by atoms with Crippen molar-refractivity contribution in [1.82, 2.24) is 14.6 Å². The first kappa shape index (κ1) is 24.0. The molecule has 2 aliphatic rings. The largest absolute Gasteiger partial charge is 0.357 e. The second kappa shape index (κ2) is 9.76. The highest BCUT2D eigenvalue weighted by atomic mass is 32.2. The third-order valence-corrected chi connectivity index (χ3v) is 9.55. The van der Waals surface area contributed by atoms with Crippen LogP contribution in [-0.4, -0.2) is 42.7 Å². The number of aromatic nitrogens is 1. The van der Waals surface area contributed by atoms with E-state index < -0.39 is 16.1 Å². The molecule has 0 saturated heterocycles. The molecule has 8 heteroatoms. The average molecular weight is 495 g/mol. The van der Waals surface area contributed by atoms with Gasteiger partial charge < -0.3 is 16.0 Å². The van der Waals surface area contributed by atoms with E-state index in [1.807, 2.05) is 31.2 Å². The molecule has 0 bridgehead atoms. The van der Waals surface area contributed by atoms with E-state index >= 15 is 0 Å². The number of H-pyrrole nitrogens is 1. The van der Waals surface area contributed by atoms with Gasteiger partial charge in [0.2, 0.25) is 15.9 Å². The fourth-order valence-corrected chi connectivity index (χ4v) is 7.23. The minimum Gasteiger partial charge on any atom is -0.357 e. The molecule has 1 saturated carbocycles. The summed E-state index contributed by atoms with van der Waals surface area (Å²) in [4.78, 5) is 17.1. The molecule has 3 atom stereocenters. The van der Waals surface area contributed by atoms with Crippen molar-refractivity contribution >= 4 is 26.8 Å². The average Bonchev–Trinajstić information content (AvgIpc) is 3.24. The van der Waals surface area contributed by atoms with Crippen LogP contribution in [0.3, 0.4) is 0 Å². The van der Waals surface area contributed by atoms with Crippen LogP contribution in [0.15, 0.2) is 53.4 Å². The Kier molecular flexibility index (Phi) is 6.70. The normalized spacial score (nSPS) is 23.2. The molecular weight excluding hydrogens is 460 g/mol. The van der Waals surface area contributed by atoms with Crippen molar-refractivity contribution in [2.24, 2.45) is 17.6 Å². The first-order valence-corrected chi connectivity index (χ1v) is 14.0. The Morgan fingerprint density at radius 3 is 2.63 bits per heavy atom. The molecule has 186 valence electrons. The summed E-state index contributed by atoms with van der Waals surface area (Å²) in [6.45, 7) is 3.30. The van der Waals surface area contributed by atoms with E-state index in [0.717, 1.165) is 53.4 Å². The lowest BCUT2D eigenvalue weighted by Gasteiger charge is -2.34. The molecule has 7 nitrogen and oxygen atoms in total. The Morgan fingerprint density at radius 1 is 1.11 bits per heavy atom. The van der Waals surface area contributed by atoms with Crippen molar-refractivity contribution in [2.45, 2.75) is 56.5 Å². The van der Waals surface area contributed by atoms with E-state index in [1.54, 1.807) is 24.3 Å². The van der Waals surface area contributed by atoms with E-state index in [0.29, 0.717) is 31.3 Å². The smallest absolute Gasteiger partial charge is 0.244 e. The Morgan fingerprint density at radius 2 is 1.86 bits per heavy atom. The highest BCUT2D eigenvalue weighted by Gasteiger charge is 2.41. The summed E-state index contributed by atoms with van der Waals surface area (Å²) < 4.78 is 28.9. The highest BCUT2D eigenvalue weighted by molar-refractivity contribution is 7.89. The van der Waals surface area contributed by atoms with E-state index in [4.69, 9.17) is 5.73 Å². The molecule has 35 heavy (non-hydrogen) atoms. The van der Waals surface area contributed by atoms with Crippen LogP contribution in [0.2, 0.25) is 0 Å². The number of benzene rings is 2. The maximum atomic E-state index is 13.7. The molecule has 2 heterocycles. The third kappa shape index (κ3) is 4.75. The van der Waals surface area contributed by atoms with Gasteiger partial charge in [-0.15, -0.1) is 0 Å². The van der Waals surface area contributed by atoms with Gasteiger partial charge in [0.15, 0.2) is 0 Å². The molecule has 1 aliphatic heterocycles. The zero-order valence-electron chi connectivity index (χ0n) is 20.2. The number of hydrogen-bond donors (Lipinski definition) is 3. The van der Waals surface area contributed by atoms with Crippen LogP contribution >= 0.6 is 0 Å². The molecule has 0 radical (unpaired) electrons. The number of hydrogen-bond acceptors (Lipinski definition) is 4. The van der Waals surface area contributed by atoms with Gasteiger partial charge in [0, 0.05) is 29.6 Å². The monoisotopic (exact) mass is 494 g/mol. The number of aryl methyl sites for hydroxylation is 1. The number of fused-ring (bicyclic) bond motifs is 3. The molecule has 1 aromatic heterocycles. The summed E-state index contributed by atoms with van der Waals surface area (Å²) in [5.41, 5.74) is 9.71. The highest BCUT2D eigenvalue weighted by Crippen LogP contribution is 2.34. The zero-order chi connectivity index (χ0) is 24.6.